The maximum absolute atomic E-state index is 2.41. The van der Waals surface area contributed by atoms with Gasteiger partial charge in [-0.1, -0.05) is 59.6 Å². The van der Waals surface area contributed by atoms with Gasteiger partial charge in [-0.05, 0) is 47.2 Å². The lowest BCUT2D eigenvalue weighted by atomic mass is 9.74. The van der Waals surface area contributed by atoms with Gasteiger partial charge in [0.05, 0.1) is 0 Å². The Morgan fingerprint density at radius 1 is 0.941 bits per heavy atom. The molecule has 17 heavy (non-hydrogen) atoms. The normalized spacial score (nSPS) is 25.9. The molecule has 0 aromatic carbocycles. The van der Waals surface area contributed by atoms with E-state index >= 15 is 0 Å². The fourth-order valence-corrected chi connectivity index (χ4v) is 3.57. The zero-order valence-electron chi connectivity index (χ0n) is 12.7. The summed E-state index contributed by atoms with van der Waals surface area (Å²) in [5.74, 6) is 0.821. The molecule has 2 aliphatic carbocycles. The van der Waals surface area contributed by atoms with Crippen LogP contribution in [0.25, 0.3) is 0 Å². The highest BCUT2D eigenvalue weighted by Crippen LogP contribution is 2.54. The topological polar surface area (TPSA) is 0 Å². The van der Waals surface area contributed by atoms with Gasteiger partial charge in [0.1, 0.15) is 0 Å². The summed E-state index contributed by atoms with van der Waals surface area (Å²) >= 11 is 0. The first-order valence-electron chi connectivity index (χ1n) is 7.08. The van der Waals surface area contributed by atoms with Crippen molar-refractivity contribution in [3.8, 4) is 0 Å². The second-order valence-corrected chi connectivity index (χ2v) is 7.97. The van der Waals surface area contributed by atoms with E-state index in [0.29, 0.717) is 10.8 Å². The van der Waals surface area contributed by atoms with Crippen molar-refractivity contribution in [3.63, 3.8) is 0 Å². The zero-order valence-corrected chi connectivity index (χ0v) is 12.7. The maximum atomic E-state index is 2.41. The van der Waals surface area contributed by atoms with Crippen LogP contribution in [0.4, 0.5) is 0 Å². The van der Waals surface area contributed by atoms with Crippen LogP contribution in [0.15, 0.2) is 22.3 Å². The highest BCUT2D eigenvalue weighted by Gasteiger charge is 2.39. The zero-order chi connectivity index (χ0) is 13.0. The molecule has 0 heterocycles. The number of hydrogen-bond acceptors (Lipinski definition) is 0. The monoisotopic (exact) mass is 232 g/mol. The average molecular weight is 232 g/mol. The summed E-state index contributed by atoms with van der Waals surface area (Å²) in [6.45, 7) is 16.7. The van der Waals surface area contributed by atoms with E-state index < -0.39 is 0 Å². The molecule has 0 saturated carbocycles. The molecule has 0 aromatic rings. The van der Waals surface area contributed by atoms with Gasteiger partial charge in [0, 0.05) is 0 Å². The minimum absolute atomic E-state index is 0.309. The molecule has 0 fully saturated rings. The summed E-state index contributed by atoms with van der Waals surface area (Å²) in [5.41, 5.74) is 7.54. The van der Waals surface area contributed by atoms with Crippen molar-refractivity contribution in [1.29, 1.82) is 0 Å². The molecule has 0 amide bonds. The Morgan fingerprint density at radius 3 is 2.00 bits per heavy atom. The van der Waals surface area contributed by atoms with E-state index in [1.165, 1.54) is 19.3 Å². The van der Waals surface area contributed by atoms with Crippen LogP contribution in [0.3, 0.4) is 0 Å². The molecule has 0 bridgehead atoms. The lowest BCUT2D eigenvalue weighted by molar-refractivity contribution is 0.442. The highest BCUT2D eigenvalue weighted by atomic mass is 14.4. The Kier molecular flexibility index (Phi) is 2.84. The van der Waals surface area contributed by atoms with Gasteiger partial charge in [-0.15, -0.1) is 0 Å². The summed E-state index contributed by atoms with van der Waals surface area (Å²) < 4.78 is 0. The summed E-state index contributed by atoms with van der Waals surface area (Å²) in [6, 6.07) is 0. The van der Waals surface area contributed by atoms with Gasteiger partial charge in [0.2, 0.25) is 0 Å². The van der Waals surface area contributed by atoms with Gasteiger partial charge >= 0.3 is 0 Å². The molecule has 2 rings (SSSR count). The van der Waals surface area contributed by atoms with Crippen molar-refractivity contribution in [3.05, 3.63) is 22.3 Å². The number of hydrogen-bond donors (Lipinski definition) is 0. The second-order valence-electron chi connectivity index (χ2n) is 7.97. The predicted molar refractivity (Wildman–Crippen MR) is 76.0 cm³/mol. The predicted octanol–water partition coefficient (Wildman–Crippen LogP) is 5.51. The van der Waals surface area contributed by atoms with E-state index in [9.17, 15) is 0 Å². The third-order valence-corrected chi connectivity index (χ3v) is 4.44. The van der Waals surface area contributed by atoms with Crippen LogP contribution in [0, 0.1) is 16.7 Å². The van der Waals surface area contributed by atoms with Gasteiger partial charge in [0.25, 0.3) is 0 Å². The smallest absolute Gasteiger partial charge is 0.00884 e. The van der Waals surface area contributed by atoms with Gasteiger partial charge in [-0.2, -0.15) is 0 Å². The van der Waals surface area contributed by atoms with Crippen LogP contribution in [0.1, 0.15) is 67.7 Å². The molecule has 0 aliphatic heterocycles. The maximum Gasteiger partial charge on any atom is -0.00884 e. The van der Waals surface area contributed by atoms with Gasteiger partial charge in [-0.25, -0.2) is 0 Å². The molecule has 1 unspecified atom stereocenters. The van der Waals surface area contributed by atoms with Crippen molar-refractivity contribution >= 4 is 0 Å². The van der Waals surface area contributed by atoms with Crippen LogP contribution in [-0.4, -0.2) is 0 Å². The van der Waals surface area contributed by atoms with Crippen molar-refractivity contribution in [2.75, 3.05) is 0 Å². The number of allylic oxidation sites excluding steroid dienone is 4. The molecule has 96 valence electrons. The van der Waals surface area contributed by atoms with Gasteiger partial charge < -0.3 is 0 Å². The van der Waals surface area contributed by atoms with Gasteiger partial charge in [-0.3, -0.25) is 0 Å². The lowest BCUT2D eigenvalue weighted by Gasteiger charge is -2.31. The summed E-state index contributed by atoms with van der Waals surface area (Å²) in [6.07, 6.45) is 3.96. The SMILES string of the molecule is CC1CCC2=C1CC(C(C)(C)C)=C2C(C)(C)C. The average Bonchev–Trinajstić information content (AvgIpc) is 2.63. The lowest BCUT2D eigenvalue weighted by Crippen LogP contribution is -2.18. The first-order chi connectivity index (χ1) is 7.62. The van der Waals surface area contributed by atoms with E-state index in [4.69, 9.17) is 0 Å². The van der Waals surface area contributed by atoms with Crippen molar-refractivity contribution in [2.45, 2.75) is 67.7 Å². The van der Waals surface area contributed by atoms with Gasteiger partial charge in [0.15, 0.2) is 0 Å². The fourth-order valence-electron chi connectivity index (χ4n) is 3.57. The Labute approximate surface area is 107 Å². The Hall–Kier alpha value is -0.520. The minimum atomic E-state index is 0.309. The molecule has 0 radical (unpaired) electrons. The Balaban J connectivity index is 2.52. The largest absolute Gasteiger partial charge is 0.0598 e. The van der Waals surface area contributed by atoms with Crippen molar-refractivity contribution in [1.82, 2.24) is 0 Å². The standard InChI is InChI=1S/C17H28/c1-11-8-9-12-13(11)10-14(16(2,3)4)15(12)17(5,6)7/h11H,8-10H2,1-7H3. The van der Waals surface area contributed by atoms with Crippen LogP contribution in [0.2, 0.25) is 0 Å². The molecule has 0 aromatic heterocycles. The molecular weight excluding hydrogens is 204 g/mol. The Bertz CT molecular complexity index is 391. The van der Waals surface area contributed by atoms with E-state index in [1.807, 2.05) is 0 Å². The van der Waals surface area contributed by atoms with Crippen LogP contribution in [-0.2, 0) is 0 Å². The van der Waals surface area contributed by atoms with Crippen LogP contribution in [0.5, 0.6) is 0 Å². The van der Waals surface area contributed by atoms with Crippen molar-refractivity contribution in [2.24, 2.45) is 16.7 Å². The van der Waals surface area contributed by atoms with Crippen LogP contribution < -0.4 is 0 Å². The molecule has 0 saturated heterocycles. The second kappa shape index (κ2) is 3.73. The molecule has 0 nitrogen and oxygen atoms in total. The molecule has 0 heteroatoms. The molecule has 0 N–H and O–H groups in total. The Morgan fingerprint density at radius 2 is 1.53 bits per heavy atom. The van der Waals surface area contributed by atoms with E-state index in [-0.39, 0.29) is 0 Å². The number of rotatable bonds is 0. The van der Waals surface area contributed by atoms with Crippen molar-refractivity contribution < 1.29 is 0 Å². The van der Waals surface area contributed by atoms with E-state index in [2.05, 4.69) is 48.5 Å². The third kappa shape index (κ3) is 2.11. The molecule has 1 atom stereocenters. The third-order valence-electron chi connectivity index (χ3n) is 4.44. The summed E-state index contributed by atoms with van der Waals surface area (Å²) in [7, 11) is 0. The summed E-state index contributed by atoms with van der Waals surface area (Å²) in [5, 5.41) is 0. The van der Waals surface area contributed by atoms with E-state index in [1.54, 1.807) is 22.3 Å². The highest BCUT2D eigenvalue weighted by molar-refractivity contribution is 5.54. The molecular formula is C17H28. The molecule has 0 spiro atoms. The first-order valence-corrected chi connectivity index (χ1v) is 7.08. The van der Waals surface area contributed by atoms with Crippen LogP contribution >= 0.6 is 0 Å². The molecule has 2 aliphatic rings. The first kappa shape index (κ1) is 12.9. The van der Waals surface area contributed by atoms with E-state index in [0.717, 1.165) is 5.92 Å². The quantitative estimate of drug-likeness (QED) is 0.517. The summed E-state index contributed by atoms with van der Waals surface area (Å²) in [4.78, 5) is 0. The minimum Gasteiger partial charge on any atom is -0.0598 e. The fraction of sp³-hybridized carbons (Fsp3) is 0.765.